The van der Waals surface area contributed by atoms with E-state index in [1.54, 1.807) is 30.3 Å². The number of aromatic nitrogens is 4. The molecular weight excluding hydrogens is 354 g/mol. The van der Waals surface area contributed by atoms with Crippen molar-refractivity contribution in [2.75, 3.05) is 5.32 Å². The summed E-state index contributed by atoms with van der Waals surface area (Å²) in [6, 6.07) is 22.2. The van der Waals surface area contributed by atoms with Crippen molar-refractivity contribution in [1.29, 1.82) is 0 Å². The molecule has 0 fully saturated rings. The van der Waals surface area contributed by atoms with Crippen molar-refractivity contribution in [3.8, 4) is 17.2 Å². The second-order valence-electron chi connectivity index (χ2n) is 6.17. The minimum Gasteiger partial charge on any atom is -0.457 e. The molecule has 0 spiro atoms. The lowest BCUT2D eigenvalue weighted by Crippen LogP contribution is -2.15. The van der Waals surface area contributed by atoms with Gasteiger partial charge in [-0.05, 0) is 71.4 Å². The highest BCUT2D eigenvalue weighted by Gasteiger charge is 2.13. The van der Waals surface area contributed by atoms with Crippen LogP contribution in [0.4, 0.5) is 5.69 Å². The zero-order chi connectivity index (χ0) is 19.3. The smallest absolute Gasteiger partial charge is 0.257 e. The molecule has 0 saturated heterocycles. The van der Waals surface area contributed by atoms with Crippen molar-refractivity contribution in [2.24, 2.45) is 0 Å². The number of anilines is 1. The Balaban J connectivity index is 1.49. The number of hydrogen-bond acceptors (Lipinski definition) is 5. The fourth-order valence-electron chi connectivity index (χ4n) is 2.76. The summed E-state index contributed by atoms with van der Waals surface area (Å²) in [4.78, 5) is 12.7. The molecule has 7 nitrogen and oxygen atoms in total. The van der Waals surface area contributed by atoms with Crippen LogP contribution in [0.3, 0.4) is 0 Å². The summed E-state index contributed by atoms with van der Waals surface area (Å²) in [6.07, 6.45) is 1.45. The summed E-state index contributed by atoms with van der Waals surface area (Å²) in [5.41, 5.74) is 2.86. The van der Waals surface area contributed by atoms with Crippen LogP contribution >= 0.6 is 0 Å². The van der Waals surface area contributed by atoms with Crippen LogP contribution in [0.5, 0.6) is 11.5 Å². The Kier molecular flexibility index (Phi) is 4.79. The van der Waals surface area contributed by atoms with Gasteiger partial charge in [-0.2, -0.15) is 4.68 Å². The molecule has 0 unspecified atom stereocenters. The first-order valence-electron chi connectivity index (χ1n) is 8.67. The maximum Gasteiger partial charge on any atom is 0.257 e. The van der Waals surface area contributed by atoms with Gasteiger partial charge in [0.25, 0.3) is 5.91 Å². The van der Waals surface area contributed by atoms with E-state index in [0.717, 1.165) is 11.3 Å². The molecule has 0 radical (unpaired) electrons. The molecule has 1 heterocycles. The second kappa shape index (κ2) is 7.71. The van der Waals surface area contributed by atoms with Gasteiger partial charge in [-0.25, -0.2) is 0 Å². The van der Waals surface area contributed by atoms with E-state index in [1.165, 1.54) is 11.0 Å². The lowest BCUT2D eigenvalue weighted by atomic mass is 10.1. The lowest BCUT2D eigenvalue weighted by molar-refractivity contribution is 0.102. The fourth-order valence-corrected chi connectivity index (χ4v) is 2.76. The Labute approximate surface area is 161 Å². The van der Waals surface area contributed by atoms with Gasteiger partial charge in [0.1, 0.15) is 17.8 Å². The molecule has 0 atom stereocenters. The fraction of sp³-hybridized carbons (Fsp3) is 0.0476. The third-order valence-electron chi connectivity index (χ3n) is 4.08. The largest absolute Gasteiger partial charge is 0.457 e. The van der Waals surface area contributed by atoms with E-state index in [9.17, 15) is 4.79 Å². The van der Waals surface area contributed by atoms with E-state index < -0.39 is 0 Å². The predicted molar refractivity (Wildman–Crippen MR) is 105 cm³/mol. The van der Waals surface area contributed by atoms with E-state index in [2.05, 4.69) is 20.8 Å². The highest BCUT2D eigenvalue weighted by molar-refractivity contribution is 6.06. The zero-order valence-electron chi connectivity index (χ0n) is 15.1. The standard InChI is InChI=1S/C21H17N5O2/c1-15-5-4-6-18(13-15)28-17-11-9-16(10-12-17)23-21(27)19-7-2-3-8-20(19)26-14-22-24-25-26/h2-14H,1H3,(H,23,27). The first-order valence-corrected chi connectivity index (χ1v) is 8.67. The molecule has 138 valence electrons. The van der Waals surface area contributed by atoms with Crippen LogP contribution in [0, 0.1) is 6.92 Å². The number of carbonyl (C=O) groups is 1. The van der Waals surface area contributed by atoms with E-state index in [1.807, 2.05) is 49.4 Å². The zero-order valence-corrected chi connectivity index (χ0v) is 15.1. The average Bonchev–Trinajstić information content (AvgIpc) is 3.24. The molecule has 0 saturated carbocycles. The maximum atomic E-state index is 12.7. The highest BCUT2D eigenvalue weighted by atomic mass is 16.5. The number of ether oxygens (including phenoxy) is 1. The average molecular weight is 371 g/mol. The number of aryl methyl sites for hydroxylation is 1. The normalized spacial score (nSPS) is 10.5. The van der Waals surface area contributed by atoms with Crippen molar-refractivity contribution in [1.82, 2.24) is 20.2 Å². The quantitative estimate of drug-likeness (QED) is 0.573. The molecule has 4 aromatic rings. The van der Waals surface area contributed by atoms with Crippen LogP contribution in [0.2, 0.25) is 0 Å². The first-order chi connectivity index (χ1) is 13.7. The Morgan fingerprint density at radius 2 is 1.79 bits per heavy atom. The molecule has 0 aliphatic carbocycles. The van der Waals surface area contributed by atoms with Gasteiger partial charge in [-0.15, -0.1) is 5.10 Å². The monoisotopic (exact) mass is 371 g/mol. The third-order valence-corrected chi connectivity index (χ3v) is 4.08. The van der Waals surface area contributed by atoms with Gasteiger partial charge in [0.05, 0.1) is 11.3 Å². The highest BCUT2D eigenvalue weighted by Crippen LogP contribution is 2.24. The second-order valence-corrected chi connectivity index (χ2v) is 6.17. The van der Waals surface area contributed by atoms with Crippen LogP contribution in [0.25, 0.3) is 5.69 Å². The molecule has 7 heteroatoms. The van der Waals surface area contributed by atoms with E-state index in [-0.39, 0.29) is 5.91 Å². The number of nitrogens with zero attached hydrogens (tertiary/aromatic N) is 4. The number of rotatable bonds is 5. The van der Waals surface area contributed by atoms with E-state index >= 15 is 0 Å². The van der Waals surface area contributed by atoms with Crippen LogP contribution in [-0.2, 0) is 0 Å². The van der Waals surface area contributed by atoms with Gasteiger partial charge in [-0.3, -0.25) is 4.79 Å². The van der Waals surface area contributed by atoms with Crippen LogP contribution < -0.4 is 10.1 Å². The molecule has 28 heavy (non-hydrogen) atoms. The Bertz CT molecular complexity index is 1090. The van der Waals surface area contributed by atoms with Crippen molar-refractivity contribution in [2.45, 2.75) is 6.92 Å². The number of hydrogen-bond donors (Lipinski definition) is 1. The molecular formula is C21H17N5O2. The van der Waals surface area contributed by atoms with Crippen molar-refractivity contribution in [3.05, 3.63) is 90.3 Å². The SMILES string of the molecule is Cc1cccc(Oc2ccc(NC(=O)c3ccccc3-n3cnnn3)cc2)c1. The number of amides is 1. The number of carbonyl (C=O) groups excluding carboxylic acids is 1. The van der Waals surface area contributed by atoms with Gasteiger partial charge < -0.3 is 10.1 Å². The van der Waals surface area contributed by atoms with Gasteiger partial charge in [0, 0.05) is 5.69 Å². The number of para-hydroxylation sites is 1. The predicted octanol–water partition coefficient (Wildman–Crippen LogP) is 4.02. The summed E-state index contributed by atoms with van der Waals surface area (Å²) in [6.45, 7) is 2.01. The molecule has 3 aromatic carbocycles. The van der Waals surface area contributed by atoms with E-state index in [4.69, 9.17) is 4.74 Å². The van der Waals surface area contributed by atoms with Crippen molar-refractivity contribution in [3.63, 3.8) is 0 Å². The summed E-state index contributed by atoms with van der Waals surface area (Å²) in [5, 5.41) is 14.0. The van der Waals surface area contributed by atoms with Crippen LogP contribution in [0.1, 0.15) is 15.9 Å². The van der Waals surface area contributed by atoms with Gasteiger partial charge in [0.15, 0.2) is 0 Å². The summed E-state index contributed by atoms with van der Waals surface area (Å²) in [7, 11) is 0. The summed E-state index contributed by atoms with van der Waals surface area (Å²) in [5.74, 6) is 1.21. The third kappa shape index (κ3) is 3.88. The van der Waals surface area contributed by atoms with Crippen LogP contribution in [0.15, 0.2) is 79.1 Å². The maximum absolute atomic E-state index is 12.7. The number of nitrogens with one attached hydrogen (secondary N) is 1. The Morgan fingerprint density at radius 1 is 0.964 bits per heavy atom. The molecule has 1 N–H and O–H groups in total. The summed E-state index contributed by atoms with van der Waals surface area (Å²) < 4.78 is 7.29. The summed E-state index contributed by atoms with van der Waals surface area (Å²) >= 11 is 0. The number of tetrazole rings is 1. The molecule has 4 rings (SSSR count). The topological polar surface area (TPSA) is 81.9 Å². The minimum absolute atomic E-state index is 0.251. The molecule has 1 amide bonds. The lowest BCUT2D eigenvalue weighted by Gasteiger charge is -2.10. The molecule has 0 bridgehead atoms. The Morgan fingerprint density at radius 3 is 2.54 bits per heavy atom. The molecule has 0 aliphatic rings. The van der Waals surface area contributed by atoms with Gasteiger partial charge >= 0.3 is 0 Å². The van der Waals surface area contributed by atoms with Crippen LogP contribution in [-0.4, -0.2) is 26.1 Å². The Hall–Kier alpha value is -4.00. The van der Waals surface area contributed by atoms with Gasteiger partial charge in [0.2, 0.25) is 0 Å². The van der Waals surface area contributed by atoms with Crippen molar-refractivity contribution >= 4 is 11.6 Å². The van der Waals surface area contributed by atoms with E-state index in [0.29, 0.717) is 22.7 Å². The first kappa shape index (κ1) is 17.4. The molecule has 0 aliphatic heterocycles. The molecule has 1 aromatic heterocycles. The van der Waals surface area contributed by atoms with Gasteiger partial charge in [-0.1, -0.05) is 24.3 Å². The number of benzene rings is 3. The van der Waals surface area contributed by atoms with Crippen molar-refractivity contribution < 1.29 is 9.53 Å². The minimum atomic E-state index is -0.251.